The molecule has 0 fully saturated rings. The third-order valence-electron chi connectivity index (χ3n) is 2.23. The van der Waals surface area contributed by atoms with E-state index in [9.17, 15) is 4.79 Å². The molecular formula is C12H13NO3S. The van der Waals surface area contributed by atoms with Gasteiger partial charge in [0.2, 0.25) is 0 Å². The first-order valence-electron chi connectivity index (χ1n) is 5.33. The van der Waals surface area contributed by atoms with Gasteiger partial charge in [-0.05, 0) is 5.92 Å². The highest BCUT2D eigenvalue weighted by atomic mass is 32.1. The molecule has 1 N–H and O–H groups in total. The van der Waals surface area contributed by atoms with Gasteiger partial charge in [-0.1, -0.05) is 13.8 Å². The zero-order valence-corrected chi connectivity index (χ0v) is 10.5. The number of carboxylic acids is 1. The maximum Gasteiger partial charge on any atom is 0.338 e. The molecular weight excluding hydrogens is 238 g/mol. The summed E-state index contributed by atoms with van der Waals surface area (Å²) in [5.41, 5.74) is 0.858. The number of rotatable bonds is 4. The van der Waals surface area contributed by atoms with Crippen LogP contribution in [0.3, 0.4) is 0 Å². The van der Waals surface area contributed by atoms with E-state index in [1.807, 2.05) is 5.38 Å². The Labute approximate surface area is 103 Å². The van der Waals surface area contributed by atoms with Crippen molar-refractivity contribution in [2.75, 3.05) is 0 Å². The molecule has 0 saturated carbocycles. The van der Waals surface area contributed by atoms with Crippen LogP contribution in [0, 0.1) is 5.92 Å². The van der Waals surface area contributed by atoms with E-state index < -0.39 is 5.97 Å². The summed E-state index contributed by atoms with van der Waals surface area (Å²) in [6.45, 7) is 4.27. The summed E-state index contributed by atoms with van der Waals surface area (Å²) in [6.07, 6.45) is 2.16. The molecule has 5 heteroatoms. The summed E-state index contributed by atoms with van der Waals surface area (Å²) in [6, 6.07) is 1.50. The summed E-state index contributed by atoms with van der Waals surface area (Å²) < 4.78 is 5.19. The van der Waals surface area contributed by atoms with Crippen LogP contribution in [0.5, 0.6) is 0 Å². The molecule has 0 bridgehead atoms. The predicted molar refractivity (Wildman–Crippen MR) is 65.3 cm³/mol. The Morgan fingerprint density at radius 3 is 2.94 bits per heavy atom. The minimum absolute atomic E-state index is 0.151. The zero-order valence-electron chi connectivity index (χ0n) is 9.64. The van der Waals surface area contributed by atoms with Gasteiger partial charge in [0.15, 0.2) is 5.76 Å². The van der Waals surface area contributed by atoms with Gasteiger partial charge in [-0.25, -0.2) is 9.78 Å². The van der Waals surface area contributed by atoms with E-state index in [-0.39, 0.29) is 5.56 Å². The molecule has 2 aromatic rings. The van der Waals surface area contributed by atoms with Gasteiger partial charge in [-0.3, -0.25) is 0 Å². The molecule has 2 rings (SSSR count). The fraction of sp³-hybridized carbons (Fsp3) is 0.333. The van der Waals surface area contributed by atoms with E-state index >= 15 is 0 Å². The highest BCUT2D eigenvalue weighted by molar-refractivity contribution is 7.09. The van der Waals surface area contributed by atoms with Crippen LogP contribution >= 0.6 is 11.3 Å². The lowest BCUT2D eigenvalue weighted by Gasteiger charge is -1.98. The van der Waals surface area contributed by atoms with Gasteiger partial charge in [0.25, 0.3) is 0 Å². The average molecular weight is 251 g/mol. The van der Waals surface area contributed by atoms with Crippen LogP contribution in [0.4, 0.5) is 0 Å². The van der Waals surface area contributed by atoms with E-state index in [1.54, 1.807) is 11.3 Å². The molecule has 2 heterocycles. The Hall–Kier alpha value is -1.62. The summed E-state index contributed by atoms with van der Waals surface area (Å²) in [5.74, 6) is 0.0754. The maximum absolute atomic E-state index is 10.7. The van der Waals surface area contributed by atoms with Crippen molar-refractivity contribution in [2.45, 2.75) is 20.3 Å². The van der Waals surface area contributed by atoms with Crippen LogP contribution in [0.15, 0.2) is 22.1 Å². The lowest BCUT2D eigenvalue weighted by molar-refractivity contribution is 0.0696. The standard InChI is InChI=1S/C12H13NO3S/c1-7(2)3-11-13-9(6-17-11)10-4-8(5-16-10)12(14)15/h4-7H,3H2,1-2H3,(H,14,15). The van der Waals surface area contributed by atoms with Gasteiger partial charge in [0.1, 0.15) is 12.0 Å². The molecule has 0 aromatic carbocycles. The fourth-order valence-electron chi connectivity index (χ4n) is 1.45. The summed E-state index contributed by atoms with van der Waals surface area (Å²) in [7, 11) is 0. The number of hydrogen-bond acceptors (Lipinski definition) is 4. The van der Waals surface area contributed by atoms with Crippen LogP contribution in [-0.2, 0) is 6.42 Å². The molecule has 0 aliphatic heterocycles. The van der Waals surface area contributed by atoms with Crippen LogP contribution in [0.2, 0.25) is 0 Å². The first kappa shape index (κ1) is 11.9. The average Bonchev–Trinajstić information content (AvgIpc) is 2.83. The third kappa shape index (κ3) is 2.74. The number of thiazole rings is 1. The molecule has 0 radical (unpaired) electrons. The first-order valence-corrected chi connectivity index (χ1v) is 6.21. The number of nitrogens with zero attached hydrogens (tertiary/aromatic N) is 1. The quantitative estimate of drug-likeness (QED) is 0.905. The molecule has 17 heavy (non-hydrogen) atoms. The van der Waals surface area contributed by atoms with Crippen molar-refractivity contribution >= 4 is 17.3 Å². The minimum Gasteiger partial charge on any atom is -0.478 e. The molecule has 2 aromatic heterocycles. The maximum atomic E-state index is 10.7. The molecule has 0 saturated heterocycles. The highest BCUT2D eigenvalue weighted by Gasteiger charge is 2.12. The van der Waals surface area contributed by atoms with Crippen molar-refractivity contribution in [3.05, 3.63) is 28.3 Å². The lowest BCUT2D eigenvalue weighted by atomic mass is 10.1. The first-order chi connectivity index (χ1) is 8.06. The number of aromatic nitrogens is 1. The van der Waals surface area contributed by atoms with Crippen LogP contribution in [0.25, 0.3) is 11.5 Å². The van der Waals surface area contributed by atoms with Crippen LogP contribution in [-0.4, -0.2) is 16.1 Å². The normalized spacial score (nSPS) is 11.0. The van der Waals surface area contributed by atoms with Crippen molar-refractivity contribution in [1.82, 2.24) is 4.98 Å². The van der Waals surface area contributed by atoms with Crippen LogP contribution < -0.4 is 0 Å². The molecule has 0 aliphatic carbocycles. The SMILES string of the molecule is CC(C)Cc1nc(-c2cc(C(=O)O)co2)cs1. The molecule has 0 spiro atoms. The highest BCUT2D eigenvalue weighted by Crippen LogP contribution is 2.25. The topological polar surface area (TPSA) is 63.3 Å². The Morgan fingerprint density at radius 2 is 2.35 bits per heavy atom. The Balaban J connectivity index is 2.21. The minimum atomic E-state index is -0.988. The van der Waals surface area contributed by atoms with E-state index in [0.717, 1.165) is 11.4 Å². The smallest absolute Gasteiger partial charge is 0.338 e. The van der Waals surface area contributed by atoms with Crippen molar-refractivity contribution < 1.29 is 14.3 Å². The zero-order chi connectivity index (χ0) is 12.4. The summed E-state index contributed by atoms with van der Waals surface area (Å²) >= 11 is 1.57. The largest absolute Gasteiger partial charge is 0.478 e. The molecule has 0 aliphatic rings. The lowest BCUT2D eigenvalue weighted by Crippen LogP contribution is -1.93. The molecule has 90 valence electrons. The van der Waals surface area contributed by atoms with Crippen molar-refractivity contribution in [3.63, 3.8) is 0 Å². The Morgan fingerprint density at radius 1 is 1.59 bits per heavy atom. The van der Waals surface area contributed by atoms with Gasteiger partial charge in [-0.2, -0.15) is 0 Å². The number of hydrogen-bond donors (Lipinski definition) is 1. The Bertz CT molecular complexity index is 527. The third-order valence-corrected chi connectivity index (χ3v) is 3.10. The van der Waals surface area contributed by atoms with Crippen molar-refractivity contribution in [3.8, 4) is 11.5 Å². The second-order valence-electron chi connectivity index (χ2n) is 4.23. The second-order valence-corrected chi connectivity index (χ2v) is 5.17. The van der Waals surface area contributed by atoms with Gasteiger partial charge < -0.3 is 9.52 Å². The molecule has 0 unspecified atom stereocenters. The second kappa shape index (κ2) is 4.71. The number of carbonyl (C=O) groups is 1. The molecule has 0 amide bonds. The number of furan rings is 1. The molecule has 0 atom stereocenters. The van der Waals surface area contributed by atoms with E-state index in [1.165, 1.54) is 12.3 Å². The van der Waals surface area contributed by atoms with E-state index in [2.05, 4.69) is 18.8 Å². The summed E-state index contributed by atoms with van der Waals surface area (Å²) in [5, 5.41) is 11.7. The van der Waals surface area contributed by atoms with Gasteiger partial charge in [-0.15, -0.1) is 11.3 Å². The van der Waals surface area contributed by atoms with Crippen molar-refractivity contribution in [2.24, 2.45) is 5.92 Å². The van der Waals surface area contributed by atoms with Gasteiger partial charge >= 0.3 is 5.97 Å². The summed E-state index contributed by atoms with van der Waals surface area (Å²) in [4.78, 5) is 15.1. The predicted octanol–water partition coefficient (Wildman–Crippen LogP) is 3.30. The van der Waals surface area contributed by atoms with Crippen LogP contribution in [0.1, 0.15) is 29.2 Å². The number of carboxylic acid groups (broad SMARTS) is 1. The molecule has 4 nitrogen and oxygen atoms in total. The van der Waals surface area contributed by atoms with Gasteiger partial charge in [0, 0.05) is 17.9 Å². The van der Waals surface area contributed by atoms with E-state index in [4.69, 9.17) is 9.52 Å². The van der Waals surface area contributed by atoms with E-state index in [0.29, 0.717) is 17.4 Å². The van der Waals surface area contributed by atoms with Gasteiger partial charge in [0.05, 0.1) is 10.6 Å². The Kier molecular flexibility index (Phi) is 3.28. The monoisotopic (exact) mass is 251 g/mol. The number of aromatic carboxylic acids is 1. The van der Waals surface area contributed by atoms with Crippen molar-refractivity contribution in [1.29, 1.82) is 0 Å². The fourth-order valence-corrected chi connectivity index (χ4v) is 2.45.